The van der Waals surface area contributed by atoms with Gasteiger partial charge >= 0.3 is 0 Å². The quantitative estimate of drug-likeness (QED) is 0.384. The molecule has 0 N–H and O–H groups in total. The maximum atomic E-state index is 3.74. The minimum absolute atomic E-state index is 0.452. The van der Waals surface area contributed by atoms with Crippen molar-refractivity contribution in [1.82, 2.24) is 0 Å². The highest BCUT2D eigenvalue weighted by atomic mass is 14.2. The Labute approximate surface area is 110 Å². The van der Waals surface area contributed by atoms with Gasteiger partial charge in [-0.05, 0) is 38.0 Å². The Hall–Kier alpha value is -0.520. The molecule has 0 amide bonds. The van der Waals surface area contributed by atoms with Gasteiger partial charge in [0, 0.05) is 0 Å². The molecule has 0 aliphatic rings. The van der Waals surface area contributed by atoms with Gasteiger partial charge < -0.3 is 0 Å². The van der Waals surface area contributed by atoms with Crippen LogP contribution in [0.5, 0.6) is 0 Å². The van der Waals surface area contributed by atoms with Gasteiger partial charge in [-0.2, -0.15) is 0 Å². The highest BCUT2D eigenvalue weighted by molar-refractivity contribution is 4.92. The van der Waals surface area contributed by atoms with E-state index in [0.717, 1.165) is 0 Å². The Morgan fingerprint density at radius 3 is 2.00 bits per heavy atom. The van der Waals surface area contributed by atoms with E-state index in [0.29, 0.717) is 11.3 Å². The summed E-state index contributed by atoms with van der Waals surface area (Å²) in [5.74, 6) is 0.657. The fourth-order valence-corrected chi connectivity index (χ4v) is 1.64. The van der Waals surface area contributed by atoms with Crippen molar-refractivity contribution in [1.29, 1.82) is 0 Å². The van der Waals surface area contributed by atoms with Gasteiger partial charge in [-0.15, -0.1) is 6.58 Å². The van der Waals surface area contributed by atoms with E-state index in [-0.39, 0.29) is 0 Å². The van der Waals surface area contributed by atoms with Crippen molar-refractivity contribution >= 4 is 0 Å². The molecule has 0 aromatic carbocycles. The van der Waals surface area contributed by atoms with Crippen LogP contribution >= 0.6 is 0 Å². The van der Waals surface area contributed by atoms with E-state index in [2.05, 4.69) is 61.1 Å². The van der Waals surface area contributed by atoms with Gasteiger partial charge in [-0.3, -0.25) is 0 Å². The average molecular weight is 238 g/mol. The molecular formula is C17H34. The first-order chi connectivity index (χ1) is 7.72. The number of unbranched alkanes of at least 4 members (excludes halogenated alkanes) is 2. The molecule has 0 heterocycles. The summed E-state index contributed by atoms with van der Waals surface area (Å²) in [5.41, 5.74) is 1.90. The lowest BCUT2D eigenvalue weighted by atomic mass is 9.86. The van der Waals surface area contributed by atoms with Crippen molar-refractivity contribution in [3.05, 3.63) is 24.3 Å². The summed E-state index contributed by atoms with van der Waals surface area (Å²) in [5, 5.41) is 0. The molecule has 0 bridgehead atoms. The highest BCUT2D eigenvalue weighted by Gasteiger charge is 2.12. The summed E-state index contributed by atoms with van der Waals surface area (Å²) in [6.45, 7) is 19.2. The van der Waals surface area contributed by atoms with Gasteiger partial charge in [-0.1, -0.05) is 65.2 Å². The molecule has 17 heavy (non-hydrogen) atoms. The van der Waals surface area contributed by atoms with E-state index in [1.807, 2.05) is 6.08 Å². The van der Waals surface area contributed by atoms with E-state index in [1.54, 1.807) is 0 Å². The second-order valence-electron chi connectivity index (χ2n) is 6.40. The maximum absolute atomic E-state index is 3.74. The molecule has 0 rings (SSSR count). The second-order valence-corrected chi connectivity index (χ2v) is 6.40. The largest absolute Gasteiger partial charge is 0.103 e. The predicted octanol–water partition coefficient (Wildman–Crippen LogP) is 6.39. The molecule has 0 aromatic rings. The minimum Gasteiger partial charge on any atom is -0.103 e. The molecule has 0 heteroatoms. The van der Waals surface area contributed by atoms with Crippen LogP contribution in [0.4, 0.5) is 0 Å². The molecule has 0 fully saturated rings. The van der Waals surface area contributed by atoms with E-state index < -0.39 is 0 Å². The topological polar surface area (TPSA) is 0 Å². The van der Waals surface area contributed by atoms with Gasteiger partial charge in [0.1, 0.15) is 0 Å². The summed E-state index contributed by atoms with van der Waals surface area (Å²) in [6.07, 6.45) is 9.46. The van der Waals surface area contributed by atoms with Gasteiger partial charge in [-0.25, -0.2) is 0 Å². The van der Waals surface area contributed by atoms with E-state index >= 15 is 0 Å². The van der Waals surface area contributed by atoms with Gasteiger partial charge in [0.2, 0.25) is 0 Å². The van der Waals surface area contributed by atoms with Crippen molar-refractivity contribution < 1.29 is 0 Å². The summed E-state index contributed by atoms with van der Waals surface area (Å²) in [4.78, 5) is 0. The molecular weight excluding hydrogens is 204 g/mol. The van der Waals surface area contributed by atoms with E-state index in [4.69, 9.17) is 0 Å². The zero-order valence-corrected chi connectivity index (χ0v) is 13.3. The van der Waals surface area contributed by atoms with Crippen LogP contribution in [-0.4, -0.2) is 0 Å². The molecule has 1 atom stereocenters. The van der Waals surface area contributed by atoms with E-state index in [1.165, 1.54) is 31.3 Å². The first-order valence-electron chi connectivity index (χ1n) is 6.98. The standard InChI is InChI=1S/C9H18.C8H16/c1-6-8(2)7-9(3,4)5;1-4-5-6-7-8(2)3/h6,8H,1,7H2,2-5H3;7H,4-6H2,1-3H3. The van der Waals surface area contributed by atoms with Crippen molar-refractivity contribution in [3.8, 4) is 0 Å². The van der Waals surface area contributed by atoms with Crippen LogP contribution in [0.1, 0.15) is 74.1 Å². The fourth-order valence-electron chi connectivity index (χ4n) is 1.64. The summed E-state index contributed by atoms with van der Waals surface area (Å²) < 4.78 is 0. The number of rotatable bonds is 5. The number of allylic oxidation sites excluding steroid dienone is 3. The Bertz CT molecular complexity index is 199. The molecule has 0 aliphatic heterocycles. The summed E-state index contributed by atoms with van der Waals surface area (Å²) in [6, 6.07) is 0. The Morgan fingerprint density at radius 2 is 1.76 bits per heavy atom. The van der Waals surface area contributed by atoms with Gasteiger partial charge in [0.25, 0.3) is 0 Å². The Kier molecular flexibility index (Phi) is 11.8. The van der Waals surface area contributed by atoms with Crippen LogP contribution < -0.4 is 0 Å². The third kappa shape index (κ3) is 21.3. The Balaban J connectivity index is 0. The zero-order chi connectivity index (χ0) is 13.9. The van der Waals surface area contributed by atoms with E-state index in [9.17, 15) is 0 Å². The predicted molar refractivity (Wildman–Crippen MR) is 82.4 cm³/mol. The molecule has 0 spiro atoms. The normalized spacial score (nSPS) is 12.2. The van der Waals surface area contributed by atoms with Crippen LogP contribution in [0.2, 0.25) is 0 Å². The van der Waals surface area contributed by atoms with Gasteiger partial charge in [0.15, 0.2) is 0 Å². The maximum Gasteiger partial charge on any atom is -0.0260 e. The minimum atomic E-state index is 0.452. The van der Waals surface area contributed by atoms with Crippen molar-refractivity contribution in [2.45, 2.75) is 74.1 Å². The Morgan fingerprint density at radius 1 is 1.24 bits per heavy atom. The van der Waals surface area contributed by atoms with Gasteiger partial charge in [0.05, 0.1) is 0 Å². The van der Waals surface area contributed by atoms with Crippen LogP contribution in [0.25, 0.3) is 0 Å². The lowest BCUT2D eigenvalue weighted by Gasteiger charge is -2.20. The molecule has 0 saturated heterocycles. The van der Waals surface area contributed by atoms with Crippen molar-refractivity contribution in [3.63, 3.8) is 0 Å². The summed E-state index contributed by atoms with van der Waals surface area (Å²) in [7, 11) is 0. The average Bonchev–Trinajstić information content (AvgIpc) is 2.16. The molecule has 1 unspecified atom stereocenters. The fraction of sp³-hybridized carbons (Fsp3) is 0.765. The van der Waals surface area contributed by atoms with Crippen molar-refractivity contribution in [2.24, 2.45) is 11.3 Å². The molecule has 102 valence electrons. The number of hydrogen-bond acceptors (Lipinski definition) is 0. The monoisotopic (exact) mass is 238 g/mol. The molecule has 0 nitrogen and oxygen atoms in total. The second kappa shape index (κ2) is 10.6. The smallest absolute Gasteiger partial charge is 0.0260 e. The van der Waals surface area contributed by atoms with Crippen molar-refractivity contribution in [2.75, 3.05) is 0 Å². The first kappa shape index (κ1) is 18.8. The third-order valence-corrected chi connectivity index (χ3v) is 2.45. The zero-order valence-electron chi connectivity index (χ0n) is 13.3. The SMILES string of the molecule is C=CC(C)CC(C)(C)C.CCCCC=C(C)C. The lowest BCUT2D eigenvalue weighted by Crippen LogP contribution is -2.08. The van der Waals surface area contributed by atoms with Crippen LogP contribution in [0, 0.1) is 11.3 Å². The molecule has 0 aromatic heterocycles. The lowest BCUT2D eigenvalue weighted by molar-refractivity contribution is 0.337. The molecule has 0 radical (unpaired) electrons. The van der Waals surface area contributed by atoms with Crippen LogP contribution in [0.3, 0.4) is 0 Å². The highest BCUT2D eigenvalue weighted by Crippen LogP contribution is 2.24. The van der Waals surface area contributed by atoms with Crippen LogP contribution in [0.15, 0.2) is 24.3 Å². The molecule has 0 saturated carbocycles. The molecule has 0 aliphatic carbocycles. The number of hydrogen-bond donors (Lipinski definition) is 0. The van der Waals surface area contributed by atoms with Crippen LogP contribution in [-0.2, 0) is 0 Å². The third-order valence-electron chi connectivity index (χ3n) is 2.45. The first-order valence-corrected chi connectivity index (χ1v) is 6.98. The summed E-state index contributed by atoms with van der Waals surface area (Å²) >= 11 is 0.